The van der Waals surface area contributed by atoms with Gasteiger partial charge in [-0.2, -0.15) is 0 Å². The number of nitrogens with one attached hydrogen (secondary N) is 1. The number of esters is 1. The third-order valence-electron chi connectivity index (χ3n) is 4.77. The number of nitro groups is 1. The van der Waals surface area contributed by atoms with Gasteiger partial charge in [-0.3, -0.25) is 10.1 Å². The fourth-order valence-electron chi connectivity index (χ4n) is 3.00. The molecule has 3 rings (SSSR count). The van der Waals surface area contributed by atoms with Gasteiger partial charge in [0.15, 0.2) is 0 Å². The number of carbonyl (C=O) groups is 1. The predicted molar refractivity (Wildman–Crippen MR) is 119 cm³/mol. The highest BCUT2D eigenvalue weighted by Gasteiger charge is 2.22. The first kappa shape index (κ1) is 23.1. The van der Waals surface area contributed by atoms with Gasteiger partial charge in [0.2, 0.25) is 10.0 Å². The summed E-state index contributed by atoms with van der Waals surface area (Å²) in [6.07, 6.45) is -0.905. The second kappa shape index (κ2) is 9.71. The van der Waals surface area contributed by atoms with Gasteiger partial charge >= 0.3 is 5.97 Å². The van der Waals surface area contributed by atoms with Crippen molar-refractivity contribution in [2.24, 2.45) is 0 Å². The molecule has 0 spiro atoms. The lowest BCUT2D eigenvalue weighted by molar-refractivity contribution is -0.384. The van der Waals surface area contributed by atoms with Crippen LogP contribution >= 0.6 is 0 Å². The SMILES string of the molecule is Cc1ccc(S(=O)(=O)NCC(OC(=O)c2ccc([N+](=O)[O-])cc2)c2cccc(C)c2)cc1. The molecule has 9 heteroatoms. The minimum Gasteiger partial charge on any atom is -0.452 e. The maximum atomic E-state index is 12.7. The van der Waals surface area contributed by atoms with Crippen molar-refractivity contribution in [1.82, 2.24) is 4.72 Å². The molecule has 1 unspecified atom stereocenters. The summed E-state index contributed by atoms with van der Waals surface area (Å²) in [4.78, 5) is 23.0. The van der Waals surface area contributed by atoms with Gasteiger partial charge in [-0.15, -0.1) is 0 Å². The van der Waals surface area contributed by atoms with Crippen LogP contribution in [0.15, 0.2) is 77.7 Å². The second-order valence-corrected chi connectivity index (χ2v) is 9.04. The Morgan fingerprint density at radius 1 is 1.00 bits per heavy atom. The second-order valence-electron chi connectivity index (χ2n) is 7.28. The van der Waals surface area contributed by atoms with Crippen LogP contribution in [-0.2, 0) is 14.8 Å². The molecule has 0 aromatic heterocycles. The Kier molecular flexibility index (Phi) is 7.01. The van der Waals surface area contributed by atoms with E-state index < -0.39 is 27.0 Å². The fraction of sp³-hybridized carbons (Fsp3) is 0.174. The van der Waals surface area contributed by atoms with Crippen LogP contribution in [-0.4, -0.2) is 25.9 Å². The number of nitrogens with zero attached hydrogens (tertiary/aromatic N) is 1. The van der Waals surface area contributed by atoms with Gasteiger partial charge in [-0.25, -0.2) is 17.9 Å². The van der Waals surface area contributed by atoms with Crippen LogP contribution in [0.1, 0.15) is 33.2 Å². The average molecular weight is 455 g/mol. The lowest BCUT2D eigenvalue weighted by Crippen LogP contribution is -2.30. The first-order chi connectivity index (χ1) is 15.2. The third kappa shape index (κ3) is 5.77. The Hall–Kier alpha value is -3.56. The van der Waals surface area contributed by atoms with E-state index >= 15 is 0 Å². The highest BCUT2D eigenvalue weighted by atomic mass is 32.2. The zero-order chi connectivity index (χ0) is 23.3. The maximum Gasteiger partial charge on any atom is 0.338 e. The normalized spacial score (nSPS) is 12.2. The van der Waals surface area contributed by atoms with Crippen molar-refractivity contribution in [1.29, 1.82) is 0 Å². The molecule has 166 valence electrons. The van der Waals surface area contributed by atoms with Crippen molar-refractivity contribution in [2.75, 3.05) is 6.54 Å². The molecule has 32 heavy (non-hydrogen) atoms. The standard InChI is InChI=1S/C23H22N2O6S/c1-16-6-12-21(13-7-16)32(29,30)24-15-22(19-5-3-4-17(2)14-19)31-23(26)18-8-10-20(11-9-18)25(27)28/h3-14,22,24H,15H2,1-2H3. The number of aryl methyl sites for hydroxylation is 2. The molecular formula is C23H22N2O6S. The van der Waals surface area contributed by atoms with Crippen molar-refractivity contribution in [3.63, 3.8) is 0 Å². The Morgan fingerprint density at radius 2 is 1.66 bits per heavy atom. The molecule has 3 aromatic carbocycles. The summed E-state index contributed by atoms with van der Waals surface area (Å²) in [7, 11) is -3.82. The van der Waals surface area contributed by atoms with Crippen molar-refractivity contribution < 1.29 is 22.9 Å². The molecule has 0 saturated heterocycles. The van der Waals surface area contributed by atoms with Crippen LogP contribution in [0.4, 0.5) is 5.69 Å². The highest BCUT2D eigenvalue weighted by molar-refractivity contribution is 7.89. The molecule has 1 atom stereocenters. The van der Waals surface area contributed by atoms with Crippen molar-refractivity contribution in [3.8, 4) is 0 Å². The summed E-state index contributed by atoms with van der Waals surface area (Å²) in [6, 6.07) is 18.6. The Morgan fingerprint density at radius 3 is 2.25 bits per heavy atom. The van der Waals surface area contributed by atoms with Crippen LogP contribution in [0.3, 0.4) is 0 Å². The number of ether oxygens (including phenoxy) is 1. The monoisotopic (exact) mass is 454 g/mol. The molecule has 0 aliphatic rings. The first-order valence-corrected chi connectivity index (χ1v) is 11.2. The topological polar surface area (TPSA) is 116 Å². The summed E-state index contributed by atoms with van der Waals surface area (Å²) < 4.78 is 33.5. The molecule has 0 bridgehead atoms. The van der Waals surface area contributed by atoms with Crippen molar-refractivity contribution >= 4 is 21.7 Å². The molecular weight excluding hydrogens is 432 g/mol. The molecule has 0 amide bonds. The van der Waals surface area contributed by atoms with E-state index in [1.165, 1.54) is 36.4 Å². The smallest absolute Gasteiger partial charge is 0.338 e. The molecule has 0 heterocycles. The molecule has 0 fully saturated rings. The van der Waals surface area contributed by atoms with Gasteiger partial charge in [0.1, 0.15) is 6.10 Å². The molecule has 0 aliphatic heterocycles. The molecule has 3 aromatic rings. The molecule has 8 nitrogen and oxygen atoms in total. The Bertz CT molecular complexity index is 1220. The largest absolute Gasteiger partial charge is 0.452 e. The molecule has 0 aliphatic carbocycles. The van der Waals surface area contributed by atoms with Crippen LogP contribution in [0, 0.1) is 24.0 Å². The summed E-state index contributed by atoms with van der Waals surface area (Å²) in [6.45, 7) is 3.54. The number of sulfonamides is 1. The summed E-state index contributed by atoms with van der Waals surface area (Å²) in [5, 5.41) is 10.8. The number of hydrogen-bond donors (Lipinski definition) is 1. The van der Waals surface area contributed by atoms with E-state index in [1.54, 1.807) is 30.3 Å². The molecule has 0 saturated carbocycles. The number of benzene rings is 3. The lowest BCUT2D eigenvalue weighted by Gasteiger charge is -2.20. The number of hydrogen-bond acceptors (Lipinski definition) is 6. The highest BCUT2D eigenvalue weighted by Crippen LogP contribution is 2.22. The van der Waals surface area contributed by atoms with Crippen LogP contribution < -0.4 is 4.72 Å². The minimum absolute atomic E-state index is 0.104. The van der Waals surface area contributed by atoms with E-state index in [4.69, 9.17) is 4.74 Å². The summed E-state index contributed by atoms with van der Waals surface area (Å²) in [5.41, 5.74) is 2.43. The van der Waals surface area contributed by atoms with Crippen LogP contribution in [0.25, 0.3) is 0 Å². The molecule has 1 N–H and O–H groups in total. The first-order valence-electron chi connectivity index (χ1n) is 9.74. The van der Waals surface area contributed by atoms with Gasteiger partial charge < -0.3 is 4.74 Å². The Balaban J connectivity index is 1.81. The van der Waals surface area contributed by atoms with Crippen molar-refractivity contribution in [3.05, 3.63) is 105 Å². The van der Waals surface area contributed by atoms with Gasteiger partial charge in [0.05, 0.1) is 21.9 Å². The Labute approximate surface area is 186 Å². The van der Waals surface area contributed by atoms with Gasteiger partial charge in [0.25, 0.3) is 5.69 Å². The lowest BCUT2D eigenvalue weighted by atomic mass is 10.1. The number of nitro benzene ring substituents is 1. The van der Waals surface area contributed by atoms with E-state index in [0.29, 0.717) is 5.56 Å². The zero-order valence-corrected chi connectivity index (χ0v) is 18.3. The van der Waals surface area contributed by atoms with E-state index in [2.05, 4.69) is 4.72 Å². The van der Waals surface area contributed by atoms with Crippen LogP contribution in [0.2, 0.25) is 0 Å². The predicted octanol–water partition coefficient (Wildman–Crippen LogP) is 4.09. The van der Waals surface area contributed by atoms with Crippen molar-refractivity contribution in [2.45, 2.75) is 24.8 Å². The quantitative estimate of drug-likeness (QED) is 0.311. The number of carbonyl (C=O) groups excluding carboxylic acids is 1. The number of rotatable bonds is 8. The summed E-state index contributed by atoms with van der Waals surface area (Å²) >= 11 is 0. The summed E-state index contributed by atoms with van der Waals surface area (Å²) in [5.74, 6) is -0.721. The van der Waals surface area contributed by atoms with E-state index in [-0.39, 0.29) is 22.7 Å². The third-order valence-corrected chi connectivity index (χ3v) is 6.21. The van der Waals surface area contributed by atoms with Crippen LogP contribution in [0.5, 0.6) is 0 Å². The van der Waals surface area contributed by atoms with Gasteiger partial charge in [-0.05, 0) is 43.7 Å². The van der Waals surface area contributed by atoms with E-state index in [9.17, 15) is 23.3 Å². The average Bonchev–Trinajstić information content (AvgIpc) is 2.77. The number of non-ortho nitro benzene ring substituents is 1. The minimum atomic E-state index is -3.82. The zero-order valence-electron chi connectivity index (χ0n) is 17.5. The van der Waals surface area contributed by atoms with E-state index in [0.717, 1.165) is 11.1 Å². The molecule has 0 radical (unpaired) electrons. The van der Waals surface area contributed by atoms with Gasteiger partial charge in [0, 0.05) is 12.1 Å². The fourth-order valence-corrected chi connectivity index (χ4v) is 4.03. The van der Waals surface area contributed by atoms with Gasteiger partial charge in [-0.1, -0.05) is 47.5 Å². The van der Waals surface area contributed by atoms with E-state index in [1.807, 2.05) is 19.9 Å². The maximum absolute atomic E-state index is 12.7.